The monoisotopic (exact) mass is 307 g/mol. The van der Waals surface area contributed by atoms with E-state index < -0.39 is 0 Å². The molecule has 3 aromatic heterocycles. The van der Waals surface area contributed by atoms with Gasteiger partial charge in [0.1, 0.15) is 5.82 Å². The van der Waals surface area contributed by atoms with Gasteiger partial charge < -0.3 is 5.43 Å². The van der Waals surface area contributed by atoms with Gasteiger partial charge in [0, 0.05) is 14.1 Å². The summed E-state index contributed by atoms with van der Waals surface area (Å²) in [6, 6.07) is 0. The molecule has 0 amide bonds. The number of aryl methyl sites for hydroxylation is 1. The fraction of sp³-hybridized carbons (Fsp3) is 0.300. The molecule has 4 N–H and O–H groups in total. The number of hydrogen-bond acceptors (Lipinski definition) is 8. The van der Waals surface area contributed by atoms with Crippen molar-refractivity contribution in [1.29, 1.82) is 0 Å². The van der Waals surface area contributed by atoms with Gasteiger partial charge >= 0.3 is 5.69 Å². The summed E-state index contributed by atoms with van der Waals surface area (Å²) in [6.07, 6.45) is 1.65. The lowest BCUT2D eigenvalue weighted by atomic mass is 10.4. The van der Waals surface area contributed by atoms with Gasteiger partial charge in [-0.1, -0.05) is 11.8 Å². The van der Waals surface area contributed by atoms with Gasteiger partial charge in [0.2, 0.25) is 0 Å². The van der Waals surface area contributed by atoms with Crippen molar-refractivity contribution in [1.82, 2.24) is 34.5 Å². The number of H-pyrrole nitrogens is 1. The number of nitrogens with one attached hydrogen (secondary N) is 2. The van der Waals surface area contributed by atoms with Crippen molar-refractivity contribution in [3.63, 3.8) is 0 Å². The van der Waals surface area contributed by atoms with Crippen LogP contribution in [0.1, 0.15) is 5.82 Å². The molecule has 0 unspecified atom stereocenters. The predicted molar refractivity (Wildman–Crippen MR) is 77.5 cm³/mol. The van der Waals surface area contributed by atoms with Gasteiger partial charge in [-0.3, -0.25) is 9.25 Å². The van der Waals surface area contributed by atoms with Crippen LogP contribution in [0, 0.1) is 0 Å². The number of aromatic nitrogens is 7. The Morgan fingerprint density at radius 1 is 1.43 bits per heavy atom. The highest BCUT2D eigenvalue weighted by Crippen LogP contribution is 2.22. The second-order valence-corrected chi connectivity index (χ2v) is 5.24. The van der Waals surface area contributed by atoms with Gasteiger partial charge in [0.15, 0.2) is 16.6 Å². The number of hydrogen-bond donors (Lipinski definition) is 3. The number of nitrogen functional groups attached to an aromatic ring is 1. The smallest absolute Gasteiger partial charge is 0.308 e. The number of aromatic amines is 1. The van der Waals surface area contributed by atoms with Crippen LogP contribution in [0.25, 0.3) is 11.0 Å². The number of thioether (sulfide) groups is 1. The van der Waals surface area contributed by atoms with Gasteiger partial charge in [-0.25, -0.2) is 25.7 Å². The molecule has 10 nitrogen and oxygen atoms in total. The first kappa shape index (κ1) is 13.6. The number of anilines is 1. The lowest BCUT2D eigenvalue weighted by molar-refractivity contribution is 0.764. The molecule has 3 heterocycles. The molecule has 0 aliphatic carbocycles. The van der Waals surface area contributed by atoms with Gasteiger partial charge in [-0.05, 0) is 0 Å². The van der Waals surface area contributed by atoms with Crippen molar-refractivity contribution in [2.45, 2.75) is 10.9 Å². The third-order valence-electron chi connectivity index (χ3n) is 2.94. The summed E-state index contributed by atoms with van der Waals surface area (Å²) >= 11 is 1.35. The van der Waals surface area contributed by atoms with Crippen LogP contribution in [0.3, 0.4) is 0 Å². The Morgan fingerprint density at radius 2 is 2.24 bits per heavy atom. The number of nitrogens with zero attached hydrogens (tertiary/aromatic N) is 6. The average molecular weight is 307 g/mol. The highest BCUT2D eigenvalue weighted by atomic mass is 32.2. The Morgan fingerprint density at radius 3 is 2.90 bits per heavy atom. The Hall–Kier alpha value is -2.40. The largest absolute Gasteiger partial charge is 0.343 e. The van der Waals surface area contributed by atoms with Crippen LogP contribution in [-0.2, 0) is 19.8 Å². The molecular formula is C10H13N9OS. The van der Waals surface area contributed by atoms with E-state index in [4.69, 9.17) is 5.84 Å². The predicted octanol–water partition coefficient (Wildman–Crippen LogP) is -0.637. The first-order valence-electron chi connectivity index (χ1n) is 5.99. The zero-order chi connectivity index (χ0) is 15.0. The first-order valence-corrected chi connectivity index (χ1v) is 6.98. The SMILES string of the molecule is Cn1c(SCc2nc(NN)c3cnn(C)c3n2)n[nH]c1=O. The van der Waals surface area contributed by atoms with E-state index in [2.05, 4.69) is 30.7 Å². The van der Waals surface area contributed by atoms with Crippen LogP contribution >= 0.6 is 11.8 Å². The maximum absolute atomic E-state index is 11.3. The maximum Gasteiger partial charge on any atom is 0.343 e. The van der Waals surface area contributed by atoms with Gasteiger partial charge in [0.25, 0.3) is 0 Å². The van der Waals surface area contributed by atoms with Crippen LogP contribution in [0.2, 0.25) is 0 Å². The third kappa shape index (κ3) is 2.36. The lowest BCUT2D eigenvalue weighted by Crippen LogP contribution is -2.13. The van der Waals surface area contributed by atoms with E-state index in [1.807, 2.05) is 0 Å². The molecule has 0 radical (unpaired) electrons. The Bertz CT molecular complexity index is 848. The fourth-order valence-electron chi connectivity index (χ4n) is 1.83. The van der Waals surface area contributed by atoms with E-state index in [9.17, 15) is 4.79 Å². The molecule has 110 valence electrons. The second-order valence-electron chi connectivity index (χ2n) is 4.30. The van der Waals surface area contributed by atoms with Gasteiger partial charge in [-0.2, -0.15) is 5.10 Å². The van der Waals surface area contributed by atoms with Crippen molar-refractivity contribution < 1.29 is 0 Å². The number of rotatable bonds is 4. The summed E-state index contributed by atoms with van der Waals surface area (Å²) in [6.45, 7) is 0. The Labute approximate surface area is 122 Å². The number of nitrogens with two attached hydrogens (primary N) is 1. The van der Waals surface area contributed by atoms with Crippen molar-refractivity contribution in [2.75, 3.05) is 5.43 Å². The zero-order valence-corrected chi connectivity index (χ0v) is 12.2. The van der Waals surface area contributed by atoms with Crippen molar-refractivity contribution in [2.24, 2.45) is 19.9 Å². The molecule has 0 spiro atoms. The van der Waals surface area contributed by atoms with Crippen molar-refractivity contribution in [3.05, 3.63) is 22.5 Å². The molecule has 3 aromatic rings. The van der Waals surface area contributed by atoms with Crippen molar-refractivity contribution >= 4 is 28.6 Å². The molecule has 0 saturated carbocycles. The van der Waals surface area contributed by atoms with E-state index in [-0.39, 0.29) is 5.69 Å². The minimum Gasteiger partial charge on any atom is -0.308 e. The molecule has 0 fully saturated rings. The summed E-state index contributed by atoms with van der Waals surface area (Å²) in [5.41, 5.74) is 2.97. The third-order valence-corrected chi connectivity index (χ3v) is 3.97. The highest BCUT2D eigenvalue weighted by Gasteiger charge is 2.12. The van der Waals surface area contributed by atoms with E-state index in [1.165, 1.54) is 16.3 Å². The molecular weight excluding hydrogens is 294 g/mol. The van der Waals surface area contributed by atoms with Gasteiger partial charge in [-0.15, -0.1) is 5.10 Å². The molecule has 3 rings (SSSR count). The normalized spacial score (nSPS) is 11.2. The highest BCUT2D eigenvalue weighted by molar-refractivity contribution is 7.98. The van der Waals surface area contributed by atoms with Crippen LogP contribution in [0.4, 0.5) is 5.82 Å². The maximum atomic E-state index is 11.3. The van der Waals surface area contributed by atoms with Crippen LogP contribution in [0.15, 0.2) is 16.1 Å². The lowest BCUT2D eigenvalue weighted by Gasteiger charge is -2.05. The topological polar surface area (TPSA) is 132 Å². The molecule has 0 bridgehead atoms. The van der Waals surface area contributed by atoms with Gasteiger partial charge in [0.05, 0.1) is 17.3 Å². The molecule has 21 heavy (non-hydrogen) atoms. The summed E-state index contributed by atoms with van der Waals surface area (Å²) in [7, 11) is 3.44. The summed E-state index contributed by atoms with van der Waals surface area (Å²) < 4.78 is 3.08. The number of hydrazine groups is 1. The molecule has 0 atom stereocenters. The molecule has 0 aliphatic heterocycles. The second kappa shape index (κ2) is 5.18. The average Bonchev–Trinajstić information content (AvgIpc) is 3.01. The minimum absolute atomic E-state index is 0.259. The summed E-state index contributed by atoms with van der Waals surface area (Å²) in [4.78, 5) is 20.1. The van der Waals surface area contributed by atoms with Crippen LogP contribution < -0.4 is 17.0 Å². The van der Waals surface area contributed by atoms with E-state index in [0.717, 1.165) is 5.39 Å². The van der Waals surface area contributed by atoms with E-state index >= 15 is 0 Å². The molecule has 0 aromatic carbocycles. The van der Waals surface area contributed by atoms with Crippen LogP contribution in [0.5, 0.6) is 0 Å². The molecule has 11 heteroatoms. The minimum atomic E-state index is -0.259. The fourth-order valence-corrected chi connectivity index (χ4v) is 2.61. The molecule has 0 aliphatic rings. The Kier molecular flexibility index (Phi) is 3.35. The quantitative estimate of drug-likeness (QED) is 0.329. The summed E-state index contributed by atoms with van der Waals surface area (Å²) in [5, 5.41) is 11.7. The number of fused-ring (bicyclic) bond motifs is 1. The standard InChI is InChI=1S/C10H13N9OS/c1-18-9(20)16-17-10(18)21-4-6-13-7(15-11)5-3-12-19(2)8(5)14-6/h3H,4,11H2,1-2H3,(H,16,20)(H,13,14,15). The van der Waals surface area contributed by atoms with Crippen molar-refractivity contribution in [3.8, 4) is 0 Å². The Balaban J connectivity index is 1.92. The van der Waals surface area contributed by atoms with Crippen LogP contribution in [-0.4, -0.2) is 34.5 Å². The van der Waals surface area contributed by atoms with E-state index in [0.29, 0.717) is 28.2 Å². The first-order chi connectivity index (χ1) is 10.1. The zero-order valence-electron chi connectivity index (χ0n) is 11.4. The van der Waals surface area contributed by atoms with E-state index in [1.54, 1.807) is 25.0 Å². The summed E-state index contributed by atoms with van der Waals surface area (Å²) in [5.74, 6) is 7.02. The molecule has 0 saturated heterocycles.